The van der Waals surface area contributed by atoms with E-state index in [0.29, 0.717) is 12.1 Å². The number of aromatic carboxylic acids is 1. The van der Waals surface area contributed by atoms with Crippen molar-refractivity contribution >= 4 is 21.7 Å². The highest BCUT2D eigenvalue weighted by Gasteiger charge is 2.22. The fourth-order valence-corrected chi connectivity index (χ4v) is 3.94. The fourth-order valence-electron chi connectivity index (χ4n) is 2.50. The molecular formula is C17H19NO4S. The van der Waals surface area contributed by atoms with Gasteiger partial charge in [0.15, 0.2) is 0 Å². The van der Waals surface area contributed by atoms with Crippen LogP contribution in [0.5, 0.6) is 0 Å². The third kappa shape index (κ3) is 3.37. The molecule has 0 aliphatic heterocycles. The normalized spacial score (nSPS) is 11.3. The predicted molar refractivity (Wildman–Crippen MR) is 89.5 cm³/mol. The molecule has 23 heavy (non-hydrogen) atoms. The molecule has 5 nitrogen and oxygen atoms in total. The minimum atomic E-state index is -3.87. The summed E-state index contributed by atoms with van der Waals surface area (Å²) in [6, 6.07) is 9.81. The lowest BCUT2D eigenvalue weighted by molar-refractivity contribution is 0.0696. The second-order valence-corrected chi connectivity index (χ2v) is 6.95. The first kappa shape index (κ1) is 17.0. The van der Waals surface area contributed by atoms with Gasteiger partial charge >= 0.3 is 5.97 Å². The SMILES string of the molecule is CCc1cccc(C)c1NS(=O)(=O)c1cccc(C(=O)O)c1C. The monoisotopic (exact) mass is 333 g/mol. The van der Waals surface area contributed by atoms with Crippen LogP contribution in [0.15, 0.2) is 41.3 Å². The smallest absolute Gasteiger partial charge is 0.335 e. The van der Waals surface area contributed by atoms with Crippen LogP contribution >= 0.6 is 0 Å². The summed E-state index contributed by atoms with van der Waals surface area (Å²) in [5.41, 5.74) is 2.46. The maximum Gasteiger partial charge on any atom is 0.335 e. The molecule has 0 spiro atoms. The summed E-state index contributed by atoms with van der Waals surface area (Å²) in [6.07, 6.45) is 0.688. The lowest BCUT2D eigenvalue weighted by Gasteiger charge is -2.16. The summed E-state index contributed by atoms with van der Waals surface area (Å²) in [7, 11) is -3.87. The molecule has 2 N–H and O–H groups in total. The molecule has 0 aromatic heterocycles. The van der Waals surface area contributed by atoms with Gasteiger partial charge in [0.25, 0.3) is 10.0 Å². The van der Waals surface area contributed by atoms with Gasteiger partial charge in [-0.15, -0.1) is 0 Å². The predicted octanol–water partition coefficient (Wildman–Crippen LogP) is 3.36. The summed E-state index contributed by atoms with van der Waals surface area (Å²) < 4.78 is 28.0. The van der Waals surface area contributed by atoms with Gasteiger partial charge in [0.1, 0.15) is 0 Å². The molecule has 0 aliphatic carbocycles. The van der Waals surface area contributed by atoms with Crippen molar-refractivity contribution in [3.8, 4) is 0 Å². The first-order valence-electron chi connectivity index (χ1n) is 7.22. The van der Waals surface area contributed by atoms with Gasteiger partial charge in [-0.3, -0.25) is 4.72 Å². The number of carboxylic acids is 1. The topological polar surface area (TPSA) is 83.5 Å². The molecule has 0 fully saturated rings. The van der Waals surface area contributed by atoms with E-state index in [1.165, 1.54) is 25.1 Å². The van der Waals surface area contributed by atoms with Crippen LogP contribution in [0.1, 0.15) is 34.0 Å². The Bertz CT molecular complexity index is 857. The number of sulfonamides is 1. The molecule has 0 unspecified atom stereocenters. The van der Waals surface area contributed by atoms with Gasteiger partial charge in [0, 0.05) is 0 Å². The van der Waals surface area contributed by atoms with Crippen LogP contribution in [0.2, 0.25) is 0 Å². The van der Waals surface area contributed by atoms with Gasteiger partial charge in [-0.05, 0) is 49.1 Å². The quantitative estimate of drug-likeness (QED) is 0.879. The summed E-state index contributed by atoms with van der Waals surface area (Å²) in [5.74, 6) is -1.15. The van der Waals surface area contributed by atoms with E-state index >= 15 is 0 Å². The number of aryl methyl sites for hydroxylation is 2. The van der Waals surface area contributed by atoms with Crippen LogP contribution in [-0.4, -0.2) is 19.5 Å². The third-order valence-electron chi connectivity index (χ3n) is 3.78. The van der Waals surface area contributed by atoms with Crippen LogP contribution in [0, 0.1) is 13.8 Å². The van der Waals surface area contributed by atoms with Gasteiger partial charge in [0.05, 0.1) is 16.1 Å². The van der Waals surface area contributed by atoms with Gasteiger partial charge in [-0.1, -0.05) is 31.2 Å². The zero-order chi connectivity index (χ0) is 17.2. The highest BCUT2D eigenvalue weighted by atomic mass is 32.2. The Labute approximate surface area is 136 Å². The Morgan fingerprint density at radius 3 is 2.39 bits per heavy atom. The molecule has 0 heterocycles. The lowest BCUT2D eigenvalue weighted by Crippen LogP contribution is -2.17. The number of hydrogen-bond donors (Lipinski definition) is 2. The van der Waals surface area contributed by atoms with Crippen molar-refractivity contribution in [2.45, 2.75) is 32.1 Å². The molecular weight excluding hydrogens is 314 g/mol. The molecule has 0 saturated heterocycles. The van der Waals surface area contributed by atoms with Crippen LogP contribution in [0.4, 0.5) is 5.69 Å². The van der Waals surface area contributed by atoms with E-state index < -0.39 is 16.0 Å². The molecule has 2 aromatic rings. The number of rotatable bonds is 5. The Hall–Kier alpha value is -2.34. The molecule has 0 bridgehead atoms. The number of nitrogens with one attached hydrogen (secondary N) is 1. The van der Waals surface area contributed by atoms with E-state index in [9.17, 15) is 13.2 Å². The van der Waals surface area contributed by atoms with Gasteiger partial charge in [-0.2, -0.15) is 0 Å². The highest BCUT2D eigenvalue weighted by Crippen LogP contribution is 2.26. The van der Waals surface area contributed by atoms with Crippen molar-refractivity contribution in [3.63, 3.8) is 0 Å². The minimum Gasteiger partial charge on any atom is -0.478 e. The molecule has 6 heteroatoms. The van der Waals surface area contributed by atoms with Crippen LogP contribution in [-0.2, 0) is 16.4 Å². The maximum absolute atomic E-state index is 12.7. The zero-order valence-electron chi connectivity index (χ0n) is 13.3. The second-order valence-electron chi connectivity index (χ2n) is 5.30. The van der Waals surface area contributed by atoms with Crippen molar-refractivity contribution < 1.29 is 18.3 Å². The van der Waals surface area contributed by atoms with Gasteiger partial charge in [0.2, 0.25) is 0 Å². The van der Waals surface area contributed by atoms with E-state index in [2.05, 4.69) is 4.72 Å². The number of hydrogen-bond acceptors (Lipinski definition) is 3. The summed E-state index contributed by atoms with van der Waals surface area (Å²) in [6.45, 7) is 5.27. The van der Waals surface area contributed by atoms with Gasteiger partial charge < -0.3 is 5.11 Å². The Morgan fingerprint density at radius 2 is 1.78 bits per heavy atom. The third-order valence-corrected chi connectivity index (χ3v) is 5.27. The first-order chi connectivity index (χ1) is 10.8. The van der Waals surface area contributed by atoms with Crippen LogP contribution in [0.25, 0.3) is 0 Å². The average molecular weight is 333 g/mol. The average Bonchev–Trinajstić information content (AvgIpc) is 2.48. The first-order valence-corrected chi connectivity index (χ1v) is 8.70. The maximum atomic E-state index is 12.7. The van der Waals surface area contributed by atoms with E-state index in [0.717, 1.165) is 11.1 Å². The molecule has 2 aromatic carbocycles. The Balaban J connectivity index is 2.53. The van der Waals surface area contributed by atoms with Crippen molar-refractivity contribution in [1.29, 1.82) is 0 Å². The van der Waals surface area contributed by atoms with Gasteiger partial charge in [-0.25, -0.2) is 13.2 Å². The van der Waals surface area contributed by atoms with E-state index in [4.69, 9.17) is 5.11 Å². The number of carboxylic acid groups (broad SMARTS) is 1. The van der Waals surface area contributed by atoms with Crippen LogP contribution < -0.4 is 4.72 Å². The lowest BCUT2D eigenvalue weighted by atomic mass is 10.1. The molecule has 122 valence electrons. The standard InChI is InChI=1S/C17H19NO4S/c1-4-13-8-5-7-11(2)16(13)18-23(21,22)15-10-6-9-14(12(15)3)17(19)20/h5-10,18H,4H2,1-3H3,(H,19,20). The number of anilines is 1. The summed E-state index contributed by atoms with van der Waals surface area (Å²) in [4.78, 5) is 11.2. The van der Waals surface area contributed by atoms with E-state index in [1.807, 2.05) is 32.0 Å². The summed E-state index contributed by atoms with van der Waals surface area (Å²) in [5, 5.41) is 9.16. The molecule has 0 saturated carbocycles. The number of benzene rings is 2. The largest absolute Gasteiger partial charge is 0.478 e. The number of carbonyl (C=O) groups is 1. The number of para-hydroxylation sites is 1. The Morgan fingerprint density at radius 1 is 1.13 bits per heavy atom. The molecule has 0 atom stereocenters. The Kier molecular flexibility index (Phi) is 4.75. The fraction of sp³-hybridized carbons (Fsp3) is 0.235. The molecule has 0 aliphatic rings. The van der Waals surface area contributed by atoms with Crippen LogP contribution in [0.3, 0.4) is 0 Å². The molecule has 2 rings (SSSR count). The van der Waals surface area contributed by atoms with Crippen molar-refractivity contribution in [2.24, 2.45) is 0 Å². The second kappa shape index (κ2) is 6.42. The minimum absolute atomic E-state index is 0.0200. The summed E-state index contributed by atoms with van der Waals surface area (Å²) >= 11 is 0. The van der Waals surface area contributed by atoms with E-state index in [-0.39, 0.29) is 16.0 Å². The van der Waals surface area contributed by atoms with E-state index in [1.54, 1.807) is 0 Å². The molecule has 0 amide bonds. The van der Waals surface area contributed by atoms with Crippen molar-refractivity contribution in [3.05, 3.63) is 58.7 Å². The highest BCUT2D eigenvalue weighted by molar-refractivity contribution is 7.92. The molecule has 0 radical (unpaired) electrons. The zero-order valence-corrected chi connectivity index (χ0v) is 14.1. The van der Waals surface area contributed by atoms with Crippen molar-refractivity contribution in [1.82, 2.24) is 0 Å². The van der Waals surface area contributed by atoms with Crippen molar-refractivity contribution in [2.75, 3.05) is 4.72 Å².